The van der Waals surface area contributed by atoms with Crippen LogP contribution >= 0.6 is 28.1 Å². The number of hydrogen-bond acceptors (Lipinski definition) is 3. The first-order chi connectivity index (χ1) is 9.97. The van der Waals surface area contributed by atoms with E-state index in [1.54, 1.807) is 0 Å². The zero-order valence-electron chi connectivity index (χ0n) is 12.1. The molecule has 0 aliphatic heterocycles. The molecule has 0 fully saturated rings. The third-order valence-corrected chi connectivity index (χ3v) is 4.46. The topological polar surface area (TPSA) is 53.1 Å². The molecule has 1 heterocycles. The number of halogens is 1. The lowest BCUT2D eigenvalue weighted by molar-refractivity contribution is 0.289. The highest BCUT2D eigenvalue weighted by Crippen LogP contribution is 2.19. The second kappa shape index (κ2) is 7.04. The van der Waals surface area contributed by atoms with Gasteiger partial charge in [0.2, 0.25) is 0 Å². The van der Waals surface area contributed by atoms with E-state index in [2.05, 4.69) is 21.0 Å². The van der Waals surface area contributed by atoms with Crippen LogP contribution in [0.4, 0.5) is 0 Å². The Hall–Kier alpha value is -1.40. The summed E-state index contributed by atoms with van der Waals surface area (Å²) in [5, 5.41) is 4.45. The molecule has 0 bridgehead atoms. The molecule has 1 aromatic carbocycles. The van der Waals surface area contributed by atoms with Crippen LogP contribution in [0.1, 0.15) is 17.0 Å². The molecule has 0 unspecified atom stereocenters. The number of nitrogens with zero attached hydrogens (tertiary/aromatic N) is 2. The first-order valence-corrected chi connectivity index (χ1v) is 7.87. The van der Waals surface area contributed by atoms with Crippen LogP contribution in [0.3, 0.4) is 0 Å². The Morgan fingerprint density at radius 3 is 2.52 bits per heavy atom. The van der Waals surface area contributed by atoms with Crippen molar-refractivity contribution in [3.05, 3.63) is 45.7 Å². The Morgan fingerprint density at radius 1 is 1.33 bits per heavy atom. The molecule has 2 rings (SSSR count). The SMILES string of the molecule is Cc1nn(CCOc2ccc(CC(N)=S)cc2)c(C)c1Br. The van der Waals surface area contributed by atoms with Gasteiger partial charge >= 0.3 is 0 Å². The Morgan fingerprint density at radius 2 is 2.00 bits per heavy atom. The Kier molecular flexibility index (Phi) is 5.36. The van der Waals surface area contributed by atoms with Gasteiger partial charge in [0, 0.05) is 12.1 Å². The van der Waals surface area contributed by atoms with Gasteiger partial charge in [-0.25, -0.2) is 0 Å². The maximum absolute atomic E-state index is 5.73. The number of ether oxygens (including phenoxy) is 1. The molecule has 0 saturated heterocycles. The monoisotopic (exact) mass is 367 g/mol. The van der Waals surface area contributed by atoms with Gasteiger partial charge in [-0.3, -0.25) is 4.68 Å². The van der Waals surface area contributed by atoms with Crippen molar-refractivity contribution in [1.82, 2.24) is 9.78 Å². The molecule has 21 heavy (non-hydrogen) atoms. The van der Waals surface area contributed by atoms with E-state index >= 15 is 0 Å². The van der Waals surface area contributed by atoms with E-state index in [0.29, 0.717) is 24.6 Å². The molecule has 0 aliphatic rings. The summed E-state index contributed by atoms with van der Waals surface area (Å²) < 4.78 is 8.74. The second-order valence-corrected chi connectivity index (χ2v) is 6.16. The van der Waals surface area contributed by atoms with Crippen LogP contribution < -0.4 is 10.5 Å². The average Bonchev–Trinajstić information content (AvgIpc) is 2.68. The molecule has 0 aliphatic carbocycles. The minimum absolute atomic E-state index is 0.499. The highest BCUT2D eigenvalue weighted by molar-refractivity contribution is 9.10. The lowest BCUT2D eigenvalue weighted by Crippen LogP contribution is -2.12. The largest absolute Gasteiger partial charge is 0.492 e. The van der Waals surface area contributed by atoms with Gasteiger partial charge in [0.05, 0.1) is 21.7 Å². The van der Waals surface area contributed by atoms with Crippen molar-refractivity contribution < 1.29 is 4.74 Å². The maximum Gasteiger partial charge on any atom is 0.119 e. The van der Waals surface area contributed by atoms with Crippen molar-refractivity contribution in [2.24, 2.45) is 5.73 Å². The number of rotatable bonds is 6. The molecule has 0 amide bonds. The van der Waals surface area contributed by atoms with E-state index in [0.717, 1.165) is 27.2 Å². The molecule has 4 nitrogen and oxygen atoms in total. The zero-order chi connectivity index (χ0) is 15.4. The molecule has 0 spiro atoms. The third kappa shape index (κ3) is 4.28. The van der Waals surface area contributed by atoms with Crippen LogP contribution in [0.5, 0.6) is 5.75 Å². The third-order valence-electron chi connectivity index (χ3n) is 3.17. The summed E-state index contributed by atoms with van der Waals surface area (Å²) >= 11 is 8.41. The molecule has 1 aromatic heterocycles. The van der Waals surface area contributed by atoms with Crippen molar-refractivity contribution >= 4 is 33.1 Å². The van der Waals surface area contributed by atoms with Crippen LogP contribution in [-0.2, 0) is 13.0 Å². The summed E-state index contributed by atoms with van der Waals surface area (Å²) in [6.45, 7) is 5.31. The number of aryl methyl sites for hydroxylation is 1. The molecule has 0 saturated carbocycles. The van der Waals surface area contributed by atoms with Gasteiger partial charge in [-0.05, 0) is 47.5 Å². The Balaban J connectivity index is 1.88. The van der Waals surface area contributed by atoms with Gasteiger partial charge in [0.15, 0.2) is 0 Å². The molecular weight excluding hydrogens is 350 g/mol. The summed E-state index contributed by atoms with van der Waals surface area (Å²) in [7, 11) is 0. The van der Waals surface area contributed by atoms with Crippen LogP contribution in [0.2, 0.25) is 0 Å². The van der Waals surface area contributed by atoms with E-state index in [1.807, 2.05) is 42.8 Å². The quantitative estimate of drug-likeness (QED) is 0.796. The summed E-state index contributed by atoms with van der Waals surface area (Å²) in [6, 6.07) is 7.83. The summed E-state index contributed by atoms with van der Waals surface area (Å²) in [4.78, 5) is 0.499. The highest BCUT2D eigenvalue weighted by atomic mass is 79.9. The minimum atomic E-state index is 0.499. The smallest absolute Gasteiger partial charge is 0.119 e. The van der Waals surface area contributed by atoms with E-state index in [9.17, 15) is 0 Å². The molecule has 112 valence electrons. The molecule has 2 aromatic rings. The number of thiocarbonyl (C=S) groups is 1. The van der Waals surface area contributed by atoms with E-state index in [4.69, 9.17) is 22.7 Å². The lowest BCUT2D eigenvalue weighted by atomic mass is 10.1. The molecule has 2 N–H and O–H groups in total. The van der Waals surface area contributed by atoms with E-state index < -0.39 is 0 Å². The zero-order valence-corrected chi connectivity index (χ0v) is 14.5. The highest BCUT2D eigenvalue weighted by Gasteiger charge is 2.08. The molecule has 0 atom stereocenters. The van der Waals surface area contributed by atoms with E-state index in [1.165, 1.54) is 0 Å². The van der Waals surface area contributed by atoms with Gasteiger partial charge in [-0.2, -0.15) is 5.10 Å². The average molecular weight is 368 g/mol. The van der Waals surface area contributed by atoms with Gasteiger partial charge in [-0.1, -0.05) is 24.4 Å². The Bertz CT molecular complexity index is 637. The summed E-state index contributed by atoms with van der Waals surface area (Å²) in [5.41, 5.74) is 8.73. The van der Waals surface area contributed by atoms with Crippen molar-refractivity contribution in [1.29, 1.82) is 0 Å². The van der Waals surface area contributed by atoms with Gasteiger partial charge in [0.25, 0.3) is 0 Å². The lowest BCUT2D eigenvalue weighted by Gasteiger charge is -2.08. The fourth-order valence-electron chi connectivity index (χ4n) is 2.05. The molecule has 6 heteroatoms. The van der Waals surface area contributed by atoms with Crippen LogP contribution in [-0.4, -0.2) is 21.4 Å². The number of nitrogens with two attached hydrogens (primary N) is 1. The fraction of sp³-hybridized carbons (Fsp3) is 0.333. The van der Waals surface area contributed by atoms with Crippen molar-refractivity contribution in [3.8, 4) is 5.75 Å². The molecular formula is C15H18BrN3OS. The van der Waals surface area contributed by atoms with Gasteiger partial charge < -0.3 is 10.5 Å². The minimum Gasteiger partial charge on any atom is -0.492 e. The normalized spacial score (nSPS) is 10.6. The van der Waals surface area contributed by atoms with Gasteiger partial charge in [0.1, 0.15) is 12.4 Å². The summed E-state index contributed by atoms with van der Waals surface area (Å²) in [5.74, 6) is 0.835. The predicted octanol–water partition coefficient (Wildman–Crippen LogP) is 3.17. The first-order valence-electron chi connectivity index (χ1n) is 6.67. The maximum atomic E-state index is 5.73. The van der Waals surface area contributed by atoms with E-state index in [-0.39, 0.29) is 0 Å². The first kappa shape index (κ1) is 16.0. The van der Waals surface area contributed by atoms with Crippen LogP contribution in [0.25, 0.3) is 0 Å². The number of hydrogen-bond donors (Lipinski definition) is 1. The summed E-state index contributed by atoms with van der Waals surface area (Å²) in [6.07, 6.45) is 0.620. The van der Waals surface area contributed by atoms with Gasteiger partial charge in [-0.15, -0.1) is 0 Å². The van der Waals surface area contributed by atoms with Crippen molar-refractivity contribution in [3.63, 3.8) is 0 Å². The predicted molar refractivity (Wildman–Crippen MR) is 91.8 cm³/mol. The standard InChI is InChI=1S/C15H18BrN3OS/c1-10-15(16)11(2)19(18-10)7-8-20-13-5-3-12(4-6-13)9-14(17)21/h3-6H,7-9H2,1-2H3,(H2,17,21). The number of aromatic nitrogens is 2. The van der Waals surface area contributed by atoms with Crippen molar-refractivity contribution in [2.75, 3.05) is 6.61 Å². The fourth-order valence-corrected chi connectivity index (χ4v) is 2.50. The Labute approximate surface area is 138 Å². The van der Waals surface area contributed by atoms with Crippen molar-refractivity contribution in [2.45, 2.75) is 26.8 Å². The second-order valence-electron chi connectivity index (χ2n) is 4.84. The van der Waals surface area contributed by atoms with Crippen LogP contribution in [0, 0.1) is 13.8 Å². The molecule has 0 radical (unpaired) electrons. The van der Waals surface area contributed by atoms with Crippen LogP contribution in [0.15, 0.2) is 28.7 Å². The number of benzene rings is 1.